The van der Waals surface area contributed by atoms with Crippen LogP contribution in [0.25, 0.3) is 0 Å². The van der Waals surface area contributed by atoms with Crippen LogP contribution in [-0.2, 0) is 4.84 Å². The molecule has 1 atom stereocenters. The number of hydrogen-bond acceptors (Lipinski definition) is 5. The molecule has 1 aliphatic heterocycles. The van der Waals surface area contributed by atoms with E-state index in [1.54, 1.807) is 13.1 Å². The van der Waals surface area contributed by atoms with Crippen molar-refractivity contribution in [2.75, 3.05) is 25.0 Å². The summed E-state index contributed by atoms with van der Waals surface area (Å²) in [5.74, 6) is -0.276. The Balaban J connectivity index is 1.95. The second kappa shape index (κ2) is 7.46. The minimum atomic E-state index is -4.73. The third-order valence-corrected chi connectivity index (χ3v) is 4.05. The molecule has 1 fully saturated rings. The minimum absolute atomic E-state index is 0.276. The maximum Gasteiger partial charge on any atom is 0.573 e. The number of benzene rings is 1. The van der Waals surface area contributed by atoms with Crippen LogP contribution in [0.3, 0.4) is 0 Å². The third kappa shape index (κ3) is 5.57. The molecule has 0 saturated carbocycles. The fourth-order valence-electron chi connectivity index (χ4n) is 2.34. The normalized spacial score (nSPS) is 18.8. The Bertz CT molecular complexity index is 646. The lowest BCUT2D eigenvalue weighted by atomic mass is 10.1. The molecule has 1 heterocycles. The van der Waals surface area contributed by atoms with Gasteiger partial charge in [0.15, 0.2) is 6.10 Å². The highest BCUT2D eigenvalue weighted by molar-refractivity contribution is 5.51. The first-order chi connectivity index (χ1) is 12.0. The molecular formula is C16H23F3N4O3. The van der Waals surface area contributed by atoms with Crippen molar-refractivity contribution in [3.63, 3.8) is 0 Å². The Kier molecular flexibility index (Phi) is 5.72. The average molecular weight is 376 g/mol. The molecule has 0 bridgehead atoms. The van der Waals surface area contributed by atoms with Crippen LogP contribution < -0.4 is 9.64 Å². The van der Waals surface area contributed by atoms with Gasteiger partial charge in [0.25, 0.3) is 0 Å². The molecular weight excluding hydrogens is 353 g/mol. The molecule has 0 radical (unpaired) electrons. The van der Waals surface area contributed by atoms with E-state index in [2.05, 4.69) is 10.0 Å². The highest BCUT2D eigenvalue weighted by Gasteiger charge is 2.32. The van der Waals surface area contributed by atoms with E-state index in [0.717, 1.165) is 0 Å². The number of nitrogens with zero attached hydrogens (tertiary/aromatic N) is 4. The maximum atomic E-state index is 12.3. The maximum absolute atomic E-state index is 12.3. The molecule has 0 aromatic heterocycles. The van der Waals surface area contributed by atoms with E-state index < -0.39 is 11.9 Å². The van der Waals surface area contributed by atoms with Crippen LogP contribution in [0.1, 0.15) is 27.2 Å². The topological polar surface area (TPSA) is 63.4 Å². The van der Waals surface area contributed by atoms with Crippen LogP contribution >= 0.6 is 0 Å². The van der Waals surface area contributed by atoms with Crippen LogP contribution in [0.2, 0.25) is 0 Å². The molecule has 10 heteroatoms. The lowest BCUT2D eigenvalue weighted by molar-refractivity contribution is -0.720. The zero-order chi connectivity index (χ0) is 19.5. The van der Waals surface area contributed by atoms with Crippen LogP contribution in [-0.4, -0.2) is 48.1 Å². The molecule has 26 heavy (non-hydrogen) atoms. The van der Waals surface area contributed by atoms with Gasteiger partial charge in [-0.3, -0.25) is 0 Å². The molecule has 1 aliphatic rings. The zero-order valence-corrected chi connectivity index (χ0v) is 15.2. The smallest absolute Gasteiger partial charge is 0.569 e. The molecule has 1 aromatic rings. The van der Waals surface area contributed by atoms with Crippen molar-refractivity contribution >= 4 is 5.69 Å². The van der Waals surface area contributed by atoms with Gasteiger partial charge in [-0.15, -0.1) is 18.2 Å². The third-order valence-electron chi connectivity index (χ3n) is 4.05. The first kappa shape index (κ1) is 19.9. The van der Waals surface area contributed by atoms with Gasteiger partial charge in [0.1, 0.15) is 5.75 Å². The van der Waals surface area contributed by atoms with Crippen molar-refractivity contribution in [3.8, 4) is 5.75 Å². The Morgan fingerprint density at radius 1 is 1.31 bits per heavy atom. The molecule has 7 nitrogen and oxygen atoms in total. The highest BCUT2D eigenvalue weighted by atomic mass is 19.4. The number of halogens is 3. The number of rotatable bonds is 5. The molecule has 2 rings (SSSR count). The fourth-order valence-corrected chi connectivity index (χ4v) is 2.34. The van der Waals surface area contributed by atoms with Gasteiger partial charge in [0.2, 0.25) is 5.28 Å². The summed E-state index contributed by atoms with van der Waals surface area (Å²) in [6.45, 7) is 6.57. The Hall–Kier alpha value is -2.39. The first-order valence-electron chi connectivity index (χ1n) is 8.14. The summed E-state index contributed by atoms with van der Waals surface area (Å²) >= 11 is 0. The van der Waals surface area contributed by atoms with E-state index in [-0.39, 0.29) is 11.9 Å². The van der Waals surface area contributed by atoms with E-state index in [4.69, 9.17) is 4.84 Å². The van der Waals surface area contributed by atoms with E-state index in [1.165, 1.54) is 23.2 Å². The number of hydrazine groups is 1. The highest BCUT2D eigenvalue weighted by Crippen LogP contribution is 2.29. The van der Waals surface area contributed by atoms with Gasteiger partial charge in [-0.25, -0.2) is 0 Å². The van der Waals surface area contributed by atoms with Crippen LogP contribution in [0.15, 0.2) is 29.5 Å². The number of anilines is 1. The SMILES string of the molecule is CN(/[N+]([O-])=N\O[C@@H]1CCN(c2cccc(OC(F)(F)F)c2)C1)C(C)(C)C. The summed E-state index contributed by atoms with van der Waals surface area (Å²) < 4.78 is 40.9. The van der Waals surface area contributed by atoms with Crippen molar-refractivity contribution in [1.82, 2.24) is 5.01 Å². The van der Waals surface area contributed by atoms with Crippen molar-refractivity contribution in [2.45, 2.75) is 45.2 Å². The summed E-state index contributed by atoms with van der Waals surface area (Å²) in [5, 5.41) is 16.8. The molecule has 1 saturated heterocycles. The summed E-state index contributed by atoms with van der Waals surface area (Å²) in [6.07, 6.45) is -4.46. The molecule has 0 spiro atoms. The average Bonchev–Trinajstić information content (AvgIpc) is 2.98. The van der Waals surface area contributed by atoms with Gasteiger partial charge in [0, 0.05) is 24.7 Å². The lowest BCUT2D eigenvalue weighted by Gasteiger charge is -2.26. The minimum Gasteiger partial charge on any atom is -0.569 e. The summed E-state index contributed by atoms with van der Waals surface area (Å²) in [5.41, 5.74) is 0.179. The lowest BCUT2D eigenvalue weighted by Crippen LogP contribution is -2.42. The van der Waals surface area contributed by atoms with Gasteiger partial charge in [-0.2, -0.15) is 0 Å². The molecule has 0 aliphatic carbocycles. The molecule has 146 valence electrons. The van der Waals surface area contributed by atoms with Gasteiger partial charge in [-0.1, -0.05) is 6.07 Å². The van der Waals surface area contributed by atoms with Crippen molar-refractivity contribution in [3.05, 3.63) is 29.5 Å². The zero-order valence-electron chi connectivity index (χ0n) is 15.2. The van der Waals surface area contributed by atoms with Crippen molar-refractivity contribution in [2.24, 2.45) is 5.28 Å². The predicted octanol–water partition coefficient (Wildman–Crippen LogP) is 3.70. The molecule has 0 amide bonds. The quantitative estimate of drug-likeness (QED) is 0.445. The summed E-state index contributed by atoms with van der Waals surface area (Å²) in [4.78, 5) is 7.53. The molecule has 0 N–H and O–H groups in total. The van der Waals surface area contributed by atoms with Crippen molar-refractivity contribution < 1.29 is 27.7 Å². The van der Waals surface area contributed by atoms with Crippen LogP contribution in [0.5, 0.6) is 5.75 Å². The number of hydrogen-bond donors (Lipinski definition) is 0. The Morgan fingerprint density at radius 2 is 2.00 bits per heavy atom. The van der Waals surface area contributed by atoms with Crippen LogP contribution in [0, 0.1) is 5.21 Å². The Labute approximate surface area is 150 Å². The summed E-state index contributed by atoms with van der Waals surface area (Å²) in [7, 11) is 1.60. The second-order valence-electron chi connectivity index (χ2n) is 7.04. The molecule has 1 aromatic carbocycles. The van der Waals surface area contributed by atoms with Gasteiger partial charge in [0.05, 0.1) is 24.1 Å². The van der Waals surface area contributed by atoms with Gasteiger partial charge < -0.3 is 19.7 Å². The number of alkyl halides is 3. The fraction of sp³-hybridized carbons (Fsp3) is 0.625. The van der Waals surface area contributed by atoms with E-state index in [9.17, 15) is 18.4 Å². The van der Waals surface area contributed by atoms with Gasteiger partial charge in [-0.05, 0) is 32.9 Å². The largest absolute Gasteiger partial charge is 0.573 e. The monoisotopic (exact) mass is 376 g/mol. The van der Waals surface area contributed by atoms with E-state index in [0.29, 0.717) is 30.2 Å². The summed E-state index contributed by atoms with van der Waals surface area (Å²) in [6, 6.07) is 5.75. The van der Waals surface area contributed by atoms with Crippen molar-refractivity contribution in [1.29, 1.82) is 0 Å². The molecule has 0 unspecified atom stereocenters. The Morgan fingerprint density at radius 3 is 2.62 bits per heavy atom. The predicted molar refractivity (Wildman–Crippen MR) is 88.4 cm³/mol. The van der Waals surface area contributed by atoms with Crippen LogP contribution in [0.4, 0.5) is 18.9 Å². The van der Waals surface area contributed by atoms with E-state index >= 15 is 0 Å². The standard InChI is InChI=1S/C16H23F3N4O3/c1-15(2,3)21(4)23(24)20-26-14-8-9-22(11-14)12-6-5-7-13(10-12)25-16(17,18)19/h5-7,10,14H,8-9,11H2,1-4H3/b23-20+/t14-/m1/s1. The first-order valence-corrected chi connectivity index (χ1v) is 8.14. The van der Waals surface area contributed by atoms with E-state index in [1.807, 2.05) is 25.7 Å². The number of ether oxygens (including phenoxy) is 1. The second-order valence-corrected chi connectivity index (χ2v) is 7.04. The van der Waals surface area contributed by atoms with Gasteiger partial charge >= 0.3 is 6.36 Å².